The van der Waals surface area contributed by atoms with Crippen LogP contribution in [-0.4, -0.2) is 16.6 Å². The average Bonchev–Trinajstić information content (AvgIpc) is 2.69. The molecule has 2 rings (SSSR count). The molecule has 2 heterocycles. The van der Waals surface area contributed by atoms with Crippen molar-refractivity contribution in [2.75, 3.05) is 6.61 Å². The van der Waals surface area contributed by atoms with Crippen LogP contribution < -0.4 is 5.56 Å². The van der Waals surface area contributed by atoms with Crippen molar-refractivity contribution >= 4 is 11.6 Å². The Morgan fingerprint density at radius 2 is 2.57 bits per heavy atom. The van der Waals surface area contributed by atoms with Crippen molar-refractivity contribution in [3.63, 3.8) is 0 Å². The smallest absolute Gasteiger partial charge is 0.251 e. The minimum Gasteiger partial charge on any atom is -0.372 e. The molecule has 0 aliphatic carbocycles. The standard InChI is InChI=1S/C9H11ClN2O2/c10-5-8-11-6(4-9(13)12-8)7-2-1-3-14-7/h4,7H,1-3,5H2,(H,11,12,13)/t7-/m0/s1. The van der Waals surface area contributed by atoms with Gasteiger partial charge in [-0.1, -0.05) is 0 Å². The van der Waals surface area contributed by atoms with E-state index in [1.807, 2.05) is 0 Å². The molecule has 76 valence electrons. The molecule has 0 bridgehead atoms. The summed E-state index contributed by atoms with van der Waals surface area (Å²) in [4.78, 5) is 18.0. The zero-order valence-corrected chi connectivity index (χ0v) is 8.38. The number of halogens is 1. The van der Waals surface area contributed by atoms with Gasteiger partial charge in [-0.05, 0) is 12.8 Å². The van der Waals surface area contributed by atoms with Gasteiger partial charge in [0.2, 0.25) is 0 Å². The Morgan fingerprint density at radius 3 is 3.21 bits per heavy atom. The first-order valence-electron chi connectivity index (χ1n) is 4.57. The van der Waals surface area contributed by atoms with E-state index in [-0.39, 0.29) is 17.5 Å². The Kier molecular flexibility index (Phi) is 2.84. The van der Waals surface area contributed by atoms with Gasteiger partial charge in [-0.2, -0.15) is 0 Å². The summed E-state index contributed by atoms with van der Waals surface area (Å²) in [6.07, 6.45) is 1.92. The number of aromatic nitrogens is 2. The first-order valence-corrected chi connectivity index (χ1v) is 5.11. The summed E-state index contributed by atoms with van der Waals surface area (Å²) < 4.78 is 5.44. The lowest BCUT2D eigenvalue weighted by Gasteiger charge is -2.08. The van der Waals surface area contributed by atoms with Crippen LogP contribution in [0.3, 0.4) is 0 Å². The highest BCUT2D eigenvalue weighted by Crippen LogP contribution is 2.26. The third-order valence-electron chi connectivity index (χ3n) is 2.20. The highest BCUT2D eigenvalue weighted by atomic mass is 35.5. The van der Waals surface area contributed by atoms with E-state index in [1.165, 1.54) is 6.07 Å². The summed E-state index contributed by atoms with van der Waals surface area (Å²) in [6.45, 7) is 0.745. The van der Waals surface area contributed by atoms with E-state index < -0.39 is 0 Å². The molecule has 4 nitrogen and oxygen atoms in total. The zero-order chi connectivity index (χ0) is 9.97. The molecule has 1 N–H and O–H groups in total. The zero-order valence-electron chi connectivity index (χ0n) is 7.62. The first-order chi connectivity index (χ1) is 6.79. The van der Waals surface area contributed by atoms with Crippen LogP contribution in [0.25, 0.3) is 0 Å². The Balaban J connectivity index is 2.32. The molecule has 0 amide bonds. The number of aromatic amines is 1. The maximum absolute atomic E-state index is 11.2. The number of alkyl halides is 1. The second-order valence-corrected chi connectivity index (χ2v) is 3.52. The van der Waals surface area contributed by atoms with Gasteiger partial charge in [0, 0.05) is 12.7 Å². The predicted octanol–water partition coefficient (Wildman–Crippen LogP) is 1.36. The van der Waals surface area contributed by atoms with Crippen molar-refractivity contribution in [1.29, 1.82) is 0 Å². The monoisotopic (exact) mass is 214 g/mol. The van der Waals surface area contributed by atoms with Crippen molar-refractivity contribution in [2.45, 2.75) is 24.8 Å². The SMILES string of the molecule is O=c1cc([C@@H]2CCCO2)nc(CCl)[nH]1. The second-order valence-electron chi connectivity index (χ2n) is 3.25. The molecular formula is C9H11ClN2O2. The second kappa shape index (κ2) is 4.11. The average molecular weight is 215 g/mol. The van der Waals surface area contributed by atoms with Crippen molar-refractivity contribution in [3.05, 3.63) is 27.9 Å². The lowest BCUT2D eigenvalue weighted by molar-refractivity contribution is 0.108. The van der Waals surface area contributed by atoms with E-state index in [0.717, 1.165) is 19.4 Å². The molecule has 1 saturated heterocycles. The van der Waals surface area contributed by atoms with E-state index >= 15 is 0 Å². The van der Waals surface area contributed by atoms with Crippen LogP contribution >= 0.6 is 11.6 Å². The van der Waals surface area contributed by atoms with Crippen LogP contribution in [0.4, 0.5) is 0 Å². The molecule has 1 aliphatic rings. The van der Waals surface area contributed by atoms with Crippen LogP contribution in [0.15, 0.2) is 10.9 Å². The number of hydrogen-bond donors (Lipinski definition) is 1. The fourth-order valence-corrected chi connectivity index (χ4v) is 1.69. The topological polar surface area (TPSA) is 55.0 Å². The summed E-state index contributed by atoms with van der Waals surface area (Å²) >= 11 is 5.60. The molecule has 5 heteroatoms. The van der Waals surface area contributed by atoms with Gasteiger partial charge in [-0.15, -0.1) is 11.6 Å². The number of H-pyrrole nitrogens is 1. The highest BCUT2D eigenvalue weighted by molar-refractivity contribution is 6.16. The molecule has 1 fully saturated rings. The van der Waals surface area contributed by atoms with E-state index in [2.05, 4.69) is 9.97 Å². The fraction of sp³-hybridized carbons (Fsp3) is 0.556. The minimum absolute atomic E-state index is 0.0285. The maximum Gasteiger partial charge on any atom is 0.251 e. The molecule has 0 aromatic carbocycles. The van der Waals surface area contributed by atoms with Crippen molar-refractivity contribution in [3.8, 4) is 0 Å². The van der Waals surface area contributed by atoms with Gasteiger partial charge < -0.3 is 9.72 Å². The molecule has 1 aliphatic heterocycles. The van der Waals surface area contributed by atoms with Crippen LogP contribution in [0.5, 0.6) is 0 Å². The third kappa shape index (κ3) is 1.96. The summed E-state index contributed by atoms with van der Waals surface area (Å²) in [6, 6.07) is 1.48. The summed E-state index contributed by atoms with van der Waals surface area (Å²) in [5, 5.41) is 0. The lowest BCUT2D eigenvalue weighted by Crippen LogP contribution is -2.14. The van der Waals surface area contributed by atoms with Crippen LogP contribution in [0, 0.1) is 0 Å². The number of rotatable bonds is 2. The number of ether oxygens (including phenoxy) is 1. The van der Waals surface area contributed by atoms with Gasteiger partial charge in [-0.3, -0.25) is 4.79 Å². The van der Waals surface area contributed by atoms with Crippen molar-refractivity contribution < 1.29 is 4.74 Å². The van der Waals surface area contributed by atoms with Crippen molar-refractivity contribution in [2.24, 2.45) is 0 Å². The summed E-state index contributed by atoms with van der Waals surface area (Å²) in [7, 11) is 0. The number of nitrogens with one attached hydrogen (secondary N) is 1. The Morgan fingerprint density at radius 1 is 1.71 bits per heavy atom. The lowest BCUT2D eigenvalue weighted by atomic mass is 10.2. The quantitative estimate of drug-likeness (QED) is 0.757. The van der Waals surface area contributed by atoms with E-state index in [9.17, 15) is 4.79 Å². The third-order valence-corrected chi connectivity index (χ3v) is 2.45. The minimum atomic E-state index is -0.166. The molecule has 14 heavy (non-hydrogen) atoms. The molecule has 1 atom stereocenters. The summed E-state index contributed by atoms with van der Waals surface area (Å²) in [5.74, 6) is 0.722. The Hall–Kier alpha value is -0.870. The van der Waals surface area contributed by atoms with Gasteiger partial charge in [0.1, 0.15) is 5.82 Å². The normalized spacial score (nSPS) is 21.4. The largest absolute Gasteiger partial charge is 0.372 e. The molecule has 0 spiro atoms. The fourth-order valence-electron chi connectivity index (χ4n) is 1.57. The van der Waals surface area contributed by atoms with E-state index in [4.69, 9.17) is 16.3 Å². The Labute approximate surface area is 86.3 Å². The molecule has 0 saturated carbocycles. The first kappa shape index (κ1) is 9.68. The number of nitrogens with zero attached hydrogens (tertiary/aromatic N) is 1. The van der Waals surface area contributed by atoms with Crippen LogP contribution in [0.1, 0.15) is 30.5 Å². The molecular weight excluding hydrogens is 204 g/mol. The van der Waals surface area contributed by atoms with Gasteiger partial charge in [0.25, 0.3) is 5.56 Å². The van der Waals surface area contributed by atoms with Crippen molar-refractivity contribution in [1.82, 2.24) is 9.97 Å². The summed E-state index contributed by atoms with van der Waals surface area (Å²) in [5.41, 5.74) is 0.531. The maximum atomic E-state index is 11.2. The van der Waals surface area contributed by atoms with E-state index in [0.29, 0.717) is 11.5 Å². The highest BCUT2D eigenvalue weighted by Gasteiger charge is 2.19. The molecule has 1 aromatic rings. The van der Waals surface area contributed by atoms with E-state index in [1.54, 1.807) is 0 Å². The van der Waals surface area contributed by atoms with Gasteiger partial charge >= 0.3 is 0 Å². The Bertz CT molecular complexity index is 371. The van der Waals surface area contributed by atoms with Crippen LogP contribution in [0.2, 0.25) is 0 Å². The van der Waals surface area contributed by atoms with Gasteiger partial charge in [0.15, 0.2) is 0 Å². The predicted molar refractivity (Wildman–Crippen MR) is 52.3 cm³/mol. The van der Waals surface area contributed by atoms with Gasteiger partial charge in [0.05, 0.1) is 17.7 Å². The molecule has 0 unspecified atom stereocenters. The molecule has 1 aromatic heterocycles. The number of hydrogen-bond acceptors (Lipinski definition) is 3. The van der Waals surface area contributed by atoms with Crippen LogP contribution in [-0.2, 0) is 10.6 Å². The molecule has 0 radical (unpaired) electrons. The van der Waals surface area contributed by atoms with Gasteiger partial charge in [-0.25, -0.2) is 4.98 Å².